The lowest BCUT2D eigenvalue weighted by Gasteiger charge is -2.51. The van der Waals surface area contributed by atoms with Crippen molar-refractivity contribution in [3.8, 4) is 0 Å². The van der Waals surface area contributed by atoms with E-state index in [4.69, 9.17) is 90.0 Å². The first-order valence-corrected chi connectivity index (χ1v) is 39.0. The molecule has 54 nitrogen and oxygen atoms in total. The second-order valence-electron chi connectivity index (χ2n) is 31.0. The molecule has 54 heteroatoms. The van der Waals surface area contributed by atoms with E-state index in [1.54, 1.807) is 0 Å². The summed E-state index contributed by atoms with van der Waals surface area (Å²) in [5.41, 5.74) is 0. The van der Waals surface area contributed by atoms with Crippen molar-refractivity contribution in [3.63, 3.8) is 0 Å². The molecule has 0 bridgehead atoms. The van der Waals surface area contributed by atoms with Gasteiger partial charge in [-0.2, -0.15) is 0 Å². The lowest BCUT2D eigenvalue weighted by Crippen LogP contribution is -2.71. The lowest BCUT2D eigenvalue weighted by atomic mass is 9.93. The number of aliphatic hydroxyl groups is 27. The van der Waals surface area contributed by atoms with Gasteiger partial charge in [0.25, 0.3) is 0 Å². The van der Waals surface area contributed by atoms with Crippen molar-refractivity contribution in [1.29, 1.82) is 0 Å². The molecule has 0 aromatic heterocycles. The van der Waals surface area contributed by atoms with Crippen molar-refractivity contribution in [1.82, 2.24) is 21.3 Å². The van der Waals surface area contributed by atoms with E-state index in [0.717, 1.165) is 27.7 Å². The van der Waals surface area contributed by atoms with Crippen molar-refractivity contribution < 1.29 is 247 Å². The van der Waals surface area contributed by atoms with Crippen molar-refractivity contribution in [3.05, 3.63) is 0 Å². The average Bonchev–Trinajstić information content (AvgIpc) is 0.770. The molecule has 0 saturated carbocycles. The van der Waals surface area contributed by atoms with Gasteiger partial charge < -0.3 is 249 Å². The SMILES string of the molecule is CC(=O)N[C@H]1[C@H](O[C@H]2[C@H](O)[C@@H](NC(C)=O)C(O)O[C@@H]2CO[C@@H]2O[C@@H](C)[C@@H](O)[C@@H](O)[C@@H]2O)O[C@H](CO)[C@@H](O[C@@H]2O[C@H](CO[C@H]3O[C@H](CO[C@H]4O[C@H](CO)[C@@H](O)[C@H](O)[C@@H]4O)[C@@H](O)[C@H](O[C@H]4O[C@H](CO)[C@@H](O)[C@H](O)[C@@H]4O)[C@@H]3O)[C@@H](O)[C@H](O[C@H]3O[C@H](CO)[C@@H](O)[C@H](O)[C@@H]3O[C@@H]3O[C@H](CO)[C@@H](O[C@@H]4O[C@H](CO)[C@H](O)[C@H](O)[C@H]4NC(C)=O)[C@H](O)[C@H]3NC(C)=O)[C@@H]2O)[C@@H]1O. The molecule has 0 aliphatic carbocycles. The average molecular weight is 1790 g/mol. The fraction of sp³-hybridized carbons (Fsp3) is 0.941. The molecule has 10 fully saturated rings. The van der Waals surface area contributed by atoms with Crippen LogP contribution in [0.4, 0.5) is 0 Å². The number of rotatable bonds is 31. The Balaban J connectivity index is 0.990. The summed E-state index contributed by atoms with van der Waals surface area (Å²) >= 11 is 0. The molecule has 122 heavy (non-hydrogen) atoms. The number of amides is 4. The highest BCUT2D eigenvalue weighted by molar-refractivity contribution is 5.74. The van der Waals surface area contributed by atoms with Crippen LogP contribution in [0.2, 0.25) is 0 Å². The molecule has 50 atom stereocenters. The van der Waals surface area contributed by atoms with Crippen LogP contribution < -0.4 is 21.3 Å². The first kappa shape index (κ1) is 100. The lowest BCUT2D eigenvalue weighted by molar-refractivity contribution is -0.398. The highest BCUT2D eigenvalue weighted by atomic mass is 16.8. The Morgan fingerprint density at radius 2 is 0.500 bits per heavy atom. The van der Waals surface area contributed by atoms with E-state index in [1.807, 2.05) is 0 Å². The normalized spacial score (nSPS) is 49.7. The standard InChI is InChI=1S/C68H114N4O50/c1-15-33(83)44(94)48(98)63(107-15)106-14-28-55(41(91)29(59(103)108-28)69-16(2)79)118-61-31(71-18(4)81)43(93)54(25(11-78)113-61)119-67-52(102)57(39(89)27(116-67)13-105-65-51(101)56(120-66-50(100)46(96)36(86)22(8-75)111-66)38(88)26(115-65)12-104-64-49(99)45(95)35(85)21(7-74)110-64)121-68-58(47(97)37(87)23(9-76)112-68)122-62-32(72-19(5)82)42(92)53(24(10-77)114-62)117-60-30(70-17(3)80)40(90)34(84)20(6-73)109-60/h15,20-68,73-78,83-103H,6-14H2,1-5H3,(H,69,79)(H,70,80)(H,71,81)(H,72,82)/t15-,20+,21+,22+,23+,24+,25+,26+,27+,28+,29+,30+,31+,32+,33+,34-,35+,36+,37+,38+,39+,40+,41+,42+,43+,44+,45-,46-,47-,48-,49-,50-,51-,52-,53+,54+,55+,56-,57-,58-,59?,60-,61-,62-,63+,64-,65-,66+,67-,68+/m0/s1. The Labute approximate surface area is 691 Å². The molecule has 10 heterocycles. The van der Waals surface area contributed by atoms with Gasteiger partial charge in [0.2, 0.25) is 23.6 Å². The summed E-state index contributed by atoms with van der Waals surface area (Å²) < 4.78 is 112. The molecule has 1 unspecified atom stereocenters. The molecule has 10 aliphatic heterocycles. The van der Waals surface area contributed by atoms with Gasteiger partial charge in [-0.3, -0.25) is 19.2 Å². The molecule has 0 aromatic carbocycles. The van der Waals surface area contributed by atoms with Crippen molar-refractivity contribution >= 4 is 23.6 Å². The van der Waals surface area contributed by atoms with Crippen molar-refractivity contribution in [2.45, 2.75) is 341 Å². The van der Waals surface area contributed by atoms with Gasteiger partial charge in [-0.05, 0) is 6.92 Å². The second kappa shape index (κ2) is 43.6. The van der Waals surface area contributed by atoms with Crippen molar-refractivity contribution in [2.75, 3.05) is 59.5 Å². The maximum atomic E-state index is 13.3. The molecule has 10 aliphatic rings. The molecular weight excluding hydrogens is 1670 g/mol. The molecule has 0 spiro atoms. The molecule has 0 aromatic rings. The third-order valence-electron chi connectivity index (χ3n) is 22.4. The van der Waals surface area contributed by atoms with Gasteiger partial charge in [-0.1, -0.05) is 0 Å². The molecular formula is C68H114N4O50. The van der Waals surface area contributed by atoms with Crippen LogP contribution in [0.3, 0.4) is 0 Å². The predicted molar refractivity (Wildman–Crippen MR) is 375 cm³/mol. The van der Waals surface area contributed by atoms with Crippen LogP contribution in [0, 0.1) is 0 Å². The van der Waals surface area contributed by atoms with Crippen LogP contribution in [-0.2, 0) is 109 Å². The summed E-state index contributed by atoms with van der Waals surface area (Å²) in [6.45, 7) is -4.60. The van der Waals surface area contributed by atoms with Gasteiger partial charge in [0, 0.05) is 27.7 Å². The molecule has 4 amide bonds. The minimum atomic E-state index is -2.63. The third kappa shape index (κ3) is 22.2. The summed E-state index contributed by atoms with van der Waals surface area (Å²) in [6.07, 6.45) is -95.5. The monoisotopic (exact) mass is 1790 g/mol. The second-order valence-corrected chi connectivity index (χ2v) is 31.0. The van der Waals surface area contributed by atoms with Crippen molar-refractivity contribution in [2.24, 2.45) is 0 Å². The van der Waals surface area contributed by atoms with E-state index >= 15 is 0 Å². The van der Waals surface area contributed by atoms with E-state index in [2.05, 4.69) is 21.3 Å². The molecule has 10 rings (SSSR count). The zero-order chi connectivity index (χ0) is 89.8. The molecule has 706 valence electrons. The van der Waals surface area contributed by atoms with Crippen LogP contribution in [-0.4, -0.2) is 528 Å². The largest absolute Gasteiger partial charge is 0.394 e. The Hall–Kier alpha value is -3.96. The Morgan fingerprint density at radius 3 is 0.943 bits per heavy atom. The van der Waals surface area contributed by atoms with Crippen LogP contribution in [0.25, 0.3) is 0 Å². The number of nitrogens with one attached hydrogen (secondary N) is 4. The predicted octanol–water partition coefficient (Wildman–Crippen LogP) is -21.2. The molecule has 31 N–H and O–H groups in total. The molecule has 10 saturated heterocycles. The van der Waals surface area contributed by atoms with E-state index < -0.39 is 390 Å². The van der Waals surface area contributed by atoms with E-state index in [9.17, 15) is 157 Å². The maximum absolute atomic E-state index is 13.3. The highest BCUT2D eigenvalue weighted by Gasteiger charge is 2.61. The highest BCUT2D eigenvalue weighted by Crippen LogP contribution is 2.40. The van der Waals surface area contributed by atoms with Gasteiger partial charge in [-0.15, -0.1) is 0 Å². The van der Waals surface area contributed by atoms with Crippen LogP contribution >= 0.6 is 0 Å². The quantitative estimate of drug-likeness (QED) is 0.0306. The minimum Gasteiger partial charge on any atom is -0.394 e. The Kier molecular flexibility index (Phi) is 35.8. The number of carbonyl (C=O) groups is 4. The zero-order valence-corrected chi connectivity index (χ0v) is 65.7. The third-order valence-corrected chi connectivity index (χ3v) is 22.4. The molecule has 0 radical (unpaired) electrons. The number of hydrogen-bond donors (Lipinski definition) is 31. The zero-order valence-electron chi connectivity index (χ0n) is 65.7. The number of carbonyl (C=O) groups excluding carboxylic acids is 4. The summed E-state index contributed by atoms with van der Waals surface area (Å²) in [5, 5.41) is 311. The first-order valence-electron chi connectivity index (χ1n) is 39.0. The summed E-state index contributed by atoms with van der Waals surface area (Å²) in [4.78, 5) is 51.2. The van der Waals surface area contributed by atoms with Crippen LogP contribution in [0.1, 0.15) is 34.6 Å². The van der Waals surface area contributed by atoms with Crippen LogP contribution in [0.5, 0.6) is 0 Å². The first-order chi connectivity index (χ1) is 57.6. The fourth-order valence-electron chi connectivity index (χ4n) is 15.7. The fourth-order valence-corrected chi connectivity index (χ4v) is 15.7. The topological polar surface area (TPSA) is 838 Å². The van der Waals surface area contributed by atoms with Gasteiger partial charge >= 0.3 is 0 Å². The number of ether oxygens (including phenoxy) is 19. The van der Waals surface area contributed by atoms with Gasteiger partial charge in [0.05, 0.1) is 65.6 Å². The Morgan fingerprint density at radius 1 is 0.230 bits per heavy atom. The summed E-state index contributed by atoms with van der Waals surface area (Å²) in [6, 6.07) is -7.47. The number of aliphatic hydroxyl groups excluding tert-OH is 27. The van der Waals surface area contributed by atoms with E-state index in [1.165, 1.54) is 6.92 Å². The summed E-state index contributed by atoms with van der Waals surface area (Å²) in [5.74, 6) is -3.64. The van der Waals surface area contributed by atoms with Gasteiger partial charge in [-0.25, -0.2) is 0 Å². The van der Waals surface area contributed by atoms with Gasteiger partial charge in [0.1, 0.15) is 238 Å². The maximum Gasteiger partial charge on any atom is 0.217 e. The van der Waals surface area contributed by atoms with Gasteiger partial charge in [0.15, 0.2) is 62.9 Å². The summed E-state index contributed by atoms with van der Waals surface area (Å²) in [7, 11) is 0. The Bertz CT molecular complexity index is 3290. The minimum absolute atomic E-state index is 0.821. The number of hydrogen-bond acceptors (Lipinski definition) is 50. The smallest absolute Gasteiger partial charge is 0.217 e. The van der Waals surface area contributed by atoms with E-state index in [-0.39, 0.29) is 0 Å². The van der Waals surface area contributed by atoms with Crippen LogP contribution in [0.15, 0.2) is 0 Å². The van der Waals surface area contributed by atoms with E-state index in [0.29, 0.717) is 0 Å².